The number of amides is 1. The van der Waals surface area contributed by atoms with Crippen LogP contribution >= 0.6 is 24.0 Å². The largest absolute Gasteiger partial charge is 0.388 e. The van der Waals surface area contributed by atoms with Gasteiger partial charge in [0, 0.05) is 46.4 Å². The summed E-state index contributed by atoms with van der Waals surface area (Å²) < 4.78 is 5.50. The van der Waals surface area contributed by atoms with Gasteiger partial charge >= 0.3 is 0 Å². The molecule has 1 amide bonds. The summed E-state index contributed by atoms with van der Waals surface area (Å²) in [4.78, 5) is 20.8. The number of ether oxygens (including phenoxy) is 1. The van der Waals surface area contributed by atoms with Gasteiger partial charge < -0.3 is 25.0 Å². The Balaban J connectivity index is 0.00000225. The lowest BCUT2D eigenvalue weighted by atomic mass is 10.0. The predicted molar refractivity (Wildman–Crippen MR) is 107 cm³/mol. The first-order chi connectivity index (χ1) is 11.6. The fraction of sp³-hybridized carbons (Fsp3) is 0.882. The Morgan fingerprint density at radius 3 is 2.40 bits per heavy atom. The van der Waals surface area contributed by atoms with Gasteiger partial charge in [0.2, 0.25) is 0 Å². The fourth-order valence-electron chi connectivity index (χ4n) is 3.90. The molecule has 144 valence electrons. The first-order valence-corrected chi connectivity index (χ1v) is 9.20. The summed E-state index contributed by atoms with van der Waals surface area (Å²) in [6.07, 6.45) is 5.52. The highest BCUT2D eigenvalue weighted by molar-refractivity contribution is 14.0. The van der Waals surface area contributed by atoms with Gasteiger partial charge in [-0.05, 0) is 25.7 Å². The average Bonchev–Trinajstić information content (AvgIpc) is 3.27. The van der Waals surface area contributed by atoms with Gasteiger partial charge in [0.15, 0.2) is 5.96 Å². The maximum Gasteiger partial charge on any atom is 0.251 e. The second-order valence-corrected chi connectivity index (χ2v) is 7.15. The van der Waals surface area contributed by atoms with Crippen molar-refractivity contribution >= 4 is 35.8 Å². The van der Waals surface area contributed by atoms with Crippen LogP contribution in [0.1, 0.15) is 38.5 Å². The number of rotatable bonds is 3. The van der Waals surface area contributed by atoms with E-state index in [0.717, 1.165) is 57.6 Å². The van der Waals surface area contributed by atoms with Crippen LogP contribution in [0.3, 0.4) is 0 Å². The fourth-order valence-corrected chi connectivity index (χ4v) is 3.90. The van der Waals surface area contributed by atoms with Crippen LogP contribution in [0.2, 0.25) is 0 Å². The Bertz CT molecular complexity index is 469. The lowest BCUT2D eigenvalue weighted by molar-refractivity contribution is -0.142. The molecule has 25 heavy (non-hydrogen) atoms. The number of piperazine rings is 1. The van der Waals surface area contributed by atoms with Crippen LogP contribution in [0.25, 0.3) is 0 Å². The van der Waals surface area contributed by atoms with Gasteiger partial charge in [-0.1, -0.05) is 12.8 Å². The summed E-state index contributed by atoms with van der Waals surface area (Å²) in [6.45, 7) is 4.17. The molecular weight excluding hydrogens is 435 g/mol. The van der Waals surface area contributed by atoms with Gasteiger partial charge in [-0.25, -0.2) is 0 Å². The zero-order chi connectivity index (χ0) is 17.0. The highest BCUT2D eigenvalue weighted by Crippen LogP contribution is 2.28. The smallest absolute Gasteiger partial charge is 0.251 e. The molecule has 2 heterocycles. The van der Waals surface area contributed by atoms with Crippen LogP contribution in [-0.2, 0) is 9.53 Å². The lowest BCUT2D eigenvalue weighted by Gasteiger charge is -2.38. The SMILES string of the molecule is CN=C(NCC1(O)CCCC1)N1CCN(C(=O)C2CCCO2)CC1.I. The number of hydrogen-bond donors (Lipinski definition) is 2. The predicted octanol–water partition coefficient (Wildman–Crippen LogP) is 0.808. The molecule has 0 spiro atoms. The highest BCUT2D eigenvalue weighted by Gasteiger charge is 2.33. The van der Waals surface area contributed by atoms with Gasteiger partial charge in [-0.2, -0.15) is 0 Å². The van der Waals surface area contributed by atoms with Crippen molar-refractivity contribution in [2.24, 2.45) is 4.99 Å². The number of halogens is 1. The van der Waals surface area contributed by atoms with E-state index in [2.05, 4.69) is 15.2 Å². The summed E-state index contributed by atoms with van der Waals surface area (Å²) in [5.41, 5.74) is -0.590. The summed E-state index contributed by atoms with van der Waals surface area (Å²) in [6, 6.07) is 0. The number of nitrogens with zero attached hydrogens (tertiary/aromatic N) is 3. The molecule has 2 N–H and O–H groups in total. The average molecular weight is 466 g/mol. The molecule has 0 aromatic carbocycles. The molecule has 1 atom stereocenters. The minimum Gasteiger partial charge on any atom is -0.388 e. The van der Waals surface area contributed by atoms with E-state index >= 15 is 0 Å². The van der Waals surface area contributed by atoms with E-state index in [9.17, 15) is 9.90 Å². The van der Waals surface area contributed by atoms with Crippen LogP contribution in [-0.4, -0.2) is 84.9 Å². The maximum atomic E-state index is 12.4. The van der Waals surface area contributed by atoms with Crippen LogP contribution in [0.5, 0.6) is 0 Å². The molecule has 0 radical (unpaired) electrons. The number of aliphatic imine (C=N–C) groups is 1. The van der Waals surface area contributed by atoms with Gasteiger partial charge in [0.05, 0.1) is 5.60 Å². The molecule has 3 aliphatic rings. The monoisotopic (exact) mass is 466 g/mol. The van der Waals surface area contributed by atoms with Crippen molar-refractivity contribution in [3.63, 3.8) is 0 Å². The standard InChI is InChI=1S/C17H30N4O3.HI/c1-18-16(19-13-17(23)6-2-3-7-17)21-10-8-20(9-11-21)15(22)14-5-4-12-24-14;/h14,23H,2-13H2,1H3,(H,18,19);1H. The topological polar surface area (TPSA) is 77.4 Å². The van der Waals surface area contributed by atoms with Crippen molar-refractivity contribution in [1.29, 1.82) is 0 Å². The van der Waals surface area contributed by atoms with Crippen LogP contribution in [0.15, 0.2) is 4.99 Å². The van der Waals surface area contributed by atoms with E-state index in [-0.39, 0.29) is 36.0 Å². The molecule has 8 heteroatoms. The van der Waals surface area contributed by atoms with Crippen LogP contribution < -0.4 is 5.32 Å². The Kier molecular flexibility index (Phi) is 7.75. The molecule has 0 bridgehead atoms. The van der Waals surface area contributed by atoms with E-state index in [1.165, 1.54) is 0 Å². The van der Waals surface area contributed by atoms with Crippen molar-refractivity contribution < 1.29 is 14.6 Å². The van der Waals surface area contributed by atoms with E-state index in [4.69, 9.17) is 4.74 Å². The first-order valence-electron chi connectivity index (χ1n) is 9.20. The summed E-state index contributed by atoms with van der Waals surface area (Å²) in [7, 11) is 1.77. The molecule has 3 rings (SSSR count). The molecular formula is C17H31IN4O3. The van der Waals surface area contributed by atoms with Crippen LogP contribution in [0.4, 0.5) is 0 Å². The van der Waals surface area contributed by atoms with Crippen molar-refractivity contribution in [2.45, 2.75) is 50.2 Å². The van der Waals surface area contributed by atoms with E-state index in [1.807, 2.05) is 4.90 Å². The highest BCUT2D eigenvalue weighted by atomic mass is 127. The third kappa shape index (κ3) is 5.19. The molecule has 7 nitrogen and oxygen atoms in total. The van der Waals surface area contributed by atoms with Crippen molar-refractivity contribution in [3.05, 3.63) is 0 Å². The molecule has 1 saturated carbocycles. The van der Waals surface area contributed by atoms with E-state index in [1.54, 1.807) is 7.05 Å². The molecule has 0 aromatic heterocycles. The molecule has 2 saturated heterocycles. The third-order valence-electron chi connectivity index (χ3n) is 5.42. The Morgan fingerprint density at radius 2 is 1.84 bits per heavy atom. The molecule has 0 aromatic rings. The van der Waals surface area contributed by atoms with Crippen LogP contribution in [0, 0.1) is 0 Å². The molecule has 1 unspecified atom stereocenters. The molecule has 3 fully saturated rings. The normalized spacial score (nSPS) is 26.5. The van der Waals surface area contributed by atoms with Gasteiger partial charge in [0.1, 0.15) is 6.10 Å². The van der Waals surface area contributed by atoms with Crippen molar-refractivity contribution in [1.82, 2.24) is 15.1 Å². The van der Waals surface area contributed by atoms with Gasteiger partial charge in [-0.3, -0.25) is 9.79 Å². The quantitative estimate of drug-likeness (QED) is 0.366. The maximum absolute atomic E-state index is 12.4. The summed E-state index contributed by atoms with van der Waals surface area (Å²) in [5.74, 6) is 0.954. The number of carbonyl (C=O) groups excluding carboxylic acids is 1. The Morgan fingerprint density at radius 1 is 1.20 bits per heavy atom. The number of aliphatic hydroxyl groups is 1. The number of hydrogen-bond acceptors (Lipinski definition) is 4. The second-order valence-electron chi connectivity index (χ2n) is 7.15. The minimum absolute atomic E-state index is 0. The minimum atomic E-state index is -0.590. The molecule has 1 aliphatic carbocycles. The Labute approximate surface area is 167 Å². The first kappa shape index (κ1) is 20.7. The van der Waals surface area contributed by atoms with Gasteiger partial charge in [0.25, 0.3) is 5.91 Å². The van der Waals surface area contributed by atoms with E-state index in [0.29, 0.717) is 26.2 Å². The number of guanidine groups is 1. The second kappa shape index (κ2) is 9.36. The number of nitrogens with one attached hydrogen (secondary N) is 1. The van der Waals surface area contributed by atoms with Crippen molar-refractivity contribution in [3.8, 4) is 0 Å². The lowest BCUT2D eigenvalue weighted by Crippen LogP contribution is -2.56. The summed E-state index contributed by atoms with van der Waals surface area (Å²) in [5, 5.41) is 13.8. The number of carbonyl (C=O) groups is 1. The zero-order valence-corrected chi connectivity index (χ0v) is 17.4. The Hall–Kier alpha value is -0.610. The zero-order valence-electron chi connectivity index (χ0n) is 15.1. The summed E-state index contributed by atoms with van der Waals surface area (Å²) >= 11 is 0. The van der Waals surface area contributed by atoms with Gasteiger partial charge in [-0.15, -0.1) is 24.0 Å². The van der Waals surface area contributed by atoms with Crippen molar-refractivity contribution in [2.75, 3.05) is 46.4 Å². The third-order valence-corrected chi connectivity index (χ3v) is 5.42. The molecule has 2 aliphatic heterocycles. The van der Waals surface area contributed by atoms with E-state index < -0.39 is 5.60 Å².